The second kappa shape index (κ2) is 5.45. The summed E-state index contributed by atoms with van der Waals surface area (Å²) in [5.41, 5.74) is 3.05. The average Bonchev–Trinajstić information content (AvgIpc) is 2.98. The van der Waals surface area contributed by atoms with Crippen molar-refractivity contribution in [2.45, 2.75) is 12.1 Å². The van der Waals surface area contributed by atoms with Gasteiger partial charge in [-0.05, 0) is 16.7 Å². The Hall–Kier alpha value is -2.17. The van der Waals surface area contributed by atoms with E-state index in [-0.39, 0.29) is 12.8 Å². The molecule has 1 aliphatic rings. The van der Waals surface area contributed by atoms with Crippen LogP contribution in [-0.4, -0.2) is 23.9 Å². The van der Waals surface area contributed by atoms with Crippen LogP contribution >= 0.6 is 0 Å². The van der Waals surface area contributed by atoms with Gasteiger partial charge in [0, 0.05) is 0 Å². The molecule has 1 aliphatic heterocycles. The Labute approximate surface area is 117 Å². The van der Waals surface area contributed by atoms with Gasteiger partial charge in [0.25, 0.3) is 0 Å². The van der Waals surface area contributed by atoms with Crippen molar-refractivity contribution >= 4 is 5.97 Å². The van der Waals surface area contributed by atoms with Crippen LogP contribution in [0.1, 0.15) is 11.6 Å². The van der Waals surface area contributed by atoms with Crippen LogP contribution < -0.4 is 5.32 Å². The number of benzene rings is 2. The lowest BCUT2D eigenvalue weighted by Crippen LogP contribution is -2.29. The molecule has 20 heavy (non-hydrogen) atoms. The number of ether oxygens (including phenoxy) is 1. The van der Waals surface area contributed by atoms with E-state index in [1.54, 1.807) is 0 Å². The van der Waals surface area contributed by atoms with E-state index in [1.807, 2.05) is 54.6 Å². The molecule has 0 radical (unpaired) electrons. The van der Waals surface area contributed by atoms with Gasteiger partial charge in [0.2, 0.25) is 0 Å². The van der Waals surface area contributed by atoms with Crippen molar-refractivity contribution in [1.29, 1.82) is 0 Å². The van der Waals surface area contributed by atoms with Crippen LogP contribution in [0, 0.1) is 0 Å². The number of carbonyl (C=O) groups is 1. The Morgan fingerprint density at radius 1 is 1.10 bits per heavy atom. The minimum absolute atomic E-state index is 0.255. The van der Waals surface area contributed by atoms with Gasteiger partial charge in [0.15, 0.2) is 6.10 Å². The van der Waals surface area contributed by atoms with Crippen molar-refractivity contribution in [2.75, 3.05) is 6.73 Å². The molecule has 3 rings (SSSR count). The van der Waals surface area contributed by atoms with Crippen LogP contribution in [0.15, 0.2) is 54.6 Å². The first-order valence-electron chi connectivity index (χ1n) is 6.49. The van der Waals surface area contributed by atoms with Gasteiger partial charge >= 0.3 is 5.97 Å². The molecule has 0 saturated carbocycles. The van der Waals surface area contributed by atoms with Crippen LogP contribution in [0.25, 0.3) is 11.1 Å². The van der Waals surface area contributed by atoms with E-state index in [2.05, 4.69) is 5.32 Å². The first kappa shape index (κ1) is 12.8. The fourth-order valence-corrected chi connectivity index (χ4v) is 2.57. The van der Waals surface area contributed by atoms with E-state index < -0.39 is 12.1 Å². The molecule has 1 heterocycles. The molecule has 0 aliphatic carbocycles. The van der Waals surface area contributed by atoms with Crippen LogP contribution in [0.4, 0.5) is 0 Å². The normalized spacial score (nSPS) is 21.8. The van der Waals surface area contributed by atoms with Crippen LogP contribution in [-0.2, 0) is 9.53 Å². The molecule has 1 saturated heterocycles. The minimum Gasteiger partial charge on any atom is -0.479 e. The maximum Gasteiger partial charge on any atom is 0.334 e. The maximum atomic E-state index is 11.3. The fraction of sp³-hybridized carbons (Fsp3) is 0.188. The third kappa shape index (κ3) is 2.31. The zero-order valence-electron chi connectivity index (χ0n) is 10.8. The molecule has 1 fully saturated rings. The van der Waals surface area contributed by atoms with Crippen LogP contribution in [0.2, 0.25) is 0 Å². The van der Waals surface area contributed by atoms with Gasteiger partial charge in [-0.15, -0.1) is 0 Å². The van der Waals surface area contributed by atoms with Crippen molar-refractivity contribution in [3.63, 3.8) is 0 Å². The minimum atomic E-state index is -0.942. The lowest BCUT2D eigenvalue weighted by molar-refractivity contribution is -0.148. The van der Waals surface area contributed by atoms with Gasteiger partial charge in [-0.25, -0.2) is 4.79 Å². The first-order chi connectivity index (χ1) is 9.77. The number of carboxylic acids is 1. The predicted octanol–water partition coefficient (Wildman–Crippen LogP) is 2.43. The maximum absolute atomic E-state index is 11.3. The summed E-state index contributed by atoms with van der Waals surface area (Å²) >= 11 is 0. The monoisotopic (exact) mass is 269 g/mol. The summed E-state index contributed by atoms with van der Waals surface area (Å²) in [6, 6.07) is 17.4. The second-order valence-corrected chi connectivity index (χ2v) is 4.70. The van der Waals surface area contributed by atoms with Gasteiger partial charge < -0.3 is 9.84 Å². The number of aliphatic carboxylic acids is 1. The first-order valence-corrected chi connectivity index (χ1v) is 6.49. The van der Waals surface area contributed by atoms with Gasteiger partial charge in [0.05, 0.1) is 12.8 Å². The molecular formula is C16H15NO3. The molecule has 2 atom stereocenters. The third-order valence-corrected chi connectivity index (χ3v) is 3.49. The highest BCUT2D eigenvalue weighted by Gasteiger charge is 2.36. The van der Waals surface area contributed by atoms with E-state index in [4.69, 9.17) is 4.74 Å². The lowest BCUT2D eigenvalue weighted by atomic mass is 9.92. The quantitative estimate of drug-likeness (QED) is 0.898. The topological polar surface area (TPSA) is 58.6 Å². The molecule has 4 heteroatoms. The highest BCUT2D eigenvalue weighted by molar-refractivity contribution is 5.76. The van der Waals surface area contributed by atoms with E-state index >= 15 is 0 Å². The molecule has 0 bridgehead atoms. The summed E-state index contributed by atoms with van der Waals surface area (Å²) in [4.78, 5) is 11.3. The van der Waals surface area contributed by atoms with E-state index in [0.717, 1.165) is 16.7 Å². The van der Waals surface area contributed by atoms with E-state index in [9.17, 15) is 9.90 Å². The number of hydrogen-bond donors (Lipinski definition) is 2. The summed E-state index contributed by atoms with van der Waals surface area (Å²) in [6.07, 6.45) is -0.847. The number of nitrogens with one attached hydrogen (secondary N) is 1. The van der Waals surface area contributed by atoms with Crippen molar-refractivity contribution in [1.82, 2.24) is 5.32 Å². The molecule has 2 aromatic carbocycles. The summed E-state index contributed by atoms with van der Waals surface area (Å²) < 4.78 is 5.26. The van der Waals surface area contributed by atoms with E-state index in [1.165, 1.54) is 0 Å². The van der Waals surface area contributed by atoms with Gasteiger partial charge in [-0.3, -0.25) is 5.32 Å². The van der Waals surface area contributed by atoms with Crippen LogP contribution in [0.5, 0.6) is 0 Å². The SMILES string of the molecule is O=C(O)C1OCNC1c1ccccc1-c1ccccc1. The Morgan fingerprint density at radius 3 is 2.55 bits per heavy atom. The smallest absolute Gasteiger partial charge is 0.334 e. The fourth-order valence-electron chi connectivity index (χ4n) is 2.57. The molecule has 0 amide bonds. The van der Waals surface area contributed by atoms with Gasteiger partial charge in [-0.2, -0.15) is 0 Å². The highest BCUT2D eigenvalue weighted by atomic mass is 16.5. The molecule has 2 N–H and O–H groups in total. The largest absolute Gasteiger partial charge is 0.479 e. The summed E-state index contributed by atoms with van der Waals surface area (Å²) in [7, 11) is 0. The standard InChI is InChI=1S/C16H15NO3/c18-16(19)15-14(17-10-20-15)13-9-5-4-8-12(13)11-6-2-1-3-7-11/h1-9,14-15,17H,10H2,(H,18,19). The molecule has 2 aromatic rings. The summed E-state index contributed by atoms with van der Waals surface area (Å²) in [5.74, 6) is -0.942. The summed E-state index contributed by atoms with van der Waals surface area (Å²) in [6.45, 7) is 0.255. The zero-order valence-corrected chi connectivity index (χ0v) is 10.8. The molecule has 4 nitrogen and oxygen atoms in total. The molecule has 102 valence electrons. The Bertz CT molecular complexity index is 612. The van der Waals surface area contributed by atoms with Crippen molar-refractivity contribution in [2.24, 2.45) is 0 Å². The Morgan fingerprint density at radius 2 is 1.80 bits per heavy atom. The van der Waals surface area contributed by atoms with Crippen molar-refractivity contribution in [3.8, 4) is 11.1 Å². The number of rotatable bonds is 3. The molecular weight excluding hydrogens is 254 g/mol. The van der Waals surface area contributed by atoms with Crippen LogP contribution in [0.3, 0.4) is 0 Å². The number of carboxylic acid groups (broad SMARTS) is 1. The highest BCUT2D eigenvalue weighted by Crippen LogP contribution is 2.32. The second-order valence-electron chi connectivity index (χ2n) is 4.70. The zero-order chi connectivity index (χ0) is 13.9. The van der Waals surface area contributed by atoms with Crippen molar-refractivity contribution < 1.29 is 14.6 Å². The number of hydrogen-bond acceptors (Lipinski definition) is 3. The average molecular weight is 269 g/mol. The summed E-state index contributed by atoms with van der Waals surface area (Å²) in [5, 5.41) is 12.4. The van der Waals surface area contributed by atoms with E-state index in [0.29, 0.717) is 0 Å². The molecule has 2 unspecified atom stereocenters. The molecule has 0 spiro atoms. The van der Waals surface area contributed by atoms with Gasteiger partial charge in [-0.1, -0.05) is 54.6 Å². The predicted molar refractivity (Wildman–Crippen MR) is 75.1 cm³/mol. The van der Waals surface area contributed by atoms with Gasteiger partial charge in [0.1, 0.15) is 0 Å². The third-order valence-electron chi connectivity index (χ3n) is 3.49. The Kier molecular flexibility index (Phi) is 3.50. The van der Waals surface area contributed by atoms with Crippen molar-refractivity contribution in [3.05, 3.63) is 60.2 Å². The molecule has 0 aromatic heterocycles. The Balaban J connectivity index is 2.04. The lowest BCUT2D eigenvalue weighted by Gasteiger charge is -2.18.